The number of hydrogen-bond acceptors (Lipinski definition) is 3. The molecule has 0 radical (unpaired) electrons. The Labute approximate surface area is 95.9 Å². The second-order valence-corrected chi connectivity index (χ2v) is 5.51. The zero-order valence-corrected chi connectivity index (χ0v) is 10.3. The van der Waals surface area contributed by atoms with Crippen molar-refractivity contribution in [3.05, 3.63) is 10.7 Å². The van der Waals surface area contributed by atoms with Crippen LogP contribution < -0.4 is 5.73 Å². The summed E-state index contributed by atoms with van der Waals surface area (Å²) in [5, 5.41) is 2.17. The van der Waals surface area contributed by atoms with Gasteiger partial charge in [0, 0.05) is 5.92 Å². The molecule has 1 aliphatic carbocycles. The molecule has 1 fully saturated rings. The Hall–Kier alpha value is -0.570. The summed E-state index contributed by atoms with van der Waals surface area (Å²) in [6.45, 7) is 2.15. The van der Waals surface area contributed by atoms with Crippen molar-refractivity contribution < 1.29 is 0 Å². The van der Waals surface area contributed by atoms with Crippen LogP contribution in [-0.4, -0.2) is 4.98 Å². The SMILES string of the molecule is CCc1nc(C2CCCCCC2)c(N)s1. The molecule has 0 unspecified atom stereocenters. The van der Waals surface area contributed by atoms with Gasteiger partial charge in [-0.15, -0.1) is 11.3 Å². The minimum Gasteiger partial charge on any atom is -0.389 e. The fraction of sp³-hybridized carbons (Fsp3) is 0.750. The molecule has 0 bridgehead atoms. The van der Waals surface area contributed by atoms with Gasteiger partial charge in [0.1, 0.15) is 5.00 Å². The first-order chi connectivity index (χ1) is 7.31. The topological polar surface area (TPSA) is 38.9 Å². The minimum absolute atomic E-state index is 0.643. The van der Waals surface area contributed by atoms with Gasteiger partial charge in [0.25, 0.3) is 0 Å². The Kier molecular flexibility index (Phi) is 3.62. The zero-order chi connectivity index (χ0) is 10.7. The van der Waals surface area contributed by atoms with Gasteiger partial charge in [-0.2, -0.15) is 0 Å². The van der Waals surface area contributed by atoms with Crippen molar-refractivity contribution in [1.82, 2.24) is 4.98 Å². The van der Waals surface area contributed by atoms with Crippen molar-refractivity contribution in [2.24, 2.45) is 0 Å². The Morgan fingerprint density at radius 1 is 1.27 bits per heavy atom. The maximum Gasteiger partial charge on any atom is 0.110 e. The average molecular weight is 224 g/mol. The first kappa shape index (κ1) is 10.9. The van der Waals surface area contributed by atoms with E-state index in [0.717, 1.165) is 11.4 Å². The lowest BCUT2D eigenvalue weighted by Crippen LogP contribution is -2.01. The highest BCUT2D eigenvalue weighted by molar-refractivity contribution is 7.15. The second kappa shape index (κ2) is 4.97. The van der Waals surface area contributed by atoms with E-state index in [9.17, 15) is 0 Å². The smallest absolute Gasteiger partial charge is 0.110 e. The van der Waals surface area contributed by atoms with Crippen molar-refractivity contribution in [2.75, 3.05) is 5.73 Å². The number of thiazole rings is 1. The summed E-state index contributed by atoms with van der Waals surface area (Å²) >= 11 is 1.68. The van der Waals surface area contributed by atoms with E-state index in [0.29, 0.717) is 5.92 Å². The molecule has 1 saturated carbocycles. The molecule has 2 rings (SSSR count). The molecule has 1 aromatic heterocycles. The van der Waals surface area contributed by atoms with E-state index in [1.165, 1.54) is 49.2 Å². The van der Waals surface area contributed by atoms with Crippen LogP contribution in [0.3, 0.4) is 0 Å². The Morgan fingerprint density at radius 2 is 1.93 bits per heavy atom. The molecular formula is C12H20N2S. The van der Waals surface area contributed by atoms with Crippen molar-refractivity contribution in [3.63, 3.8) is 0 Å². The molecule has 0 saturated heterocycles. The summed E-state index contributed by atoms with van der Waals surface area (Å²) < 4.78 is 0. The van der Waals surface area contributed by atoms with Crippen LogP contribution in [0.25, 0.3) is 0 Å². The highest BCUT2D eigenvalue weighted by Gasteiger charge is 2.20. The van der Waals surface area contributed by atoms with Crippen LogP contribution in [0, 0.1) is 0 Å². The average Bonchev–Trinajstić information content (AvgIpc) is 2.48. The number of rotatable bonds is 2. The van der Waals surface area contributed by atoms with E-state index in [2.05, 4.69) is 11.9 Å². The van der Waals surface area contributed by atoms with Crippen molar-refractivity contribution in [3.8, 4) is 0 Å². The molecule has 1 heterocycles. The van der Waals surface area contributed by atoms with Gasteiger partial charge in [-0.3, -0.25) is 0 Å². The van der Waals surface area contributed by atoms with Gasteiger partial charge in [0.15, 0.2) is 0 Å². The van der Waals surface area contributed by atoms with Crippen LogP contribution >= 0.6 is 11.3 Å². The van der Waals surface area contributed by atoms with Crippen LogP contribution in [0.2, 0.25) is 0 Å². The van der Waals surface area contributed by atoms with Crippen LogP contribution in [0.15, 0.2) is 0 Å². The lowest BCUT2D eigenvalue weighted by molar-refractivity contribution is 0.581. The van der Waals surface area contributed by atoms with Crippen molar-refractivity contribution in [1.29, 1.82) is 0 Å². The van der Waals surface area contributed by atoms with Crippen LogP contribution in [-0.2, 0) is 6.42 Å². The highest BCUT2D eigenvalue weighted by Crippen LogP contribution is 2.36. The molecule has 84 valence electrons. The molecule has 3 heteroatoms. The van der Waals surface area contributed by atoms with Crippen molar-refractivity contribution in [2.45, 2.75) is 57.8 Å². The first-order valence-corrected chi connectivity index (χ1v) is 6.88. The summed E-state index contributed by atoms with van der Waals surface area (Å²) in [7, 11) is 0. The maximum absolute atomic E-state index is 6.05. The Balaban J connectivity index is 2.15. The van der Waals surface area contributed by atoms with Gasteiger partial charge in [-0.1, -0.05) is 32.6 Å². The van der Waals surface area contributed by atoms with Crippen molar-refractivity contribution >= 4 is 16.3 Å². The third kappa shape index (κ3) is 2.51. The minimum atomic E-state index is 0.643. The summed E-state index contributed by atoms with van der Waals surface area (Å²) in [6.07, 6.45) is 9.07. The monoisotopic (exact) mass is 224 g/mol. The van der Waals surface area contributed by atoms with Gasteiger partial charge in [-0.05, 0) is 19.3 Å². The predicted molar refractivity (Wildman–Crippen MR) is 66.3 cm³/mol. The number of anilines is 1. The summed E-state index contributed by atoms with van der Waals surface area (Å²) in [5.74, 6) is 0.643. The number of nitrogen functional groups attached to an aromatic ring is 1. The predicted octanol–water partition coefficient (Wildman–Crippen LogP) is 3.73. The molecule has 1 aromatic rings. The highest BCUT2D eigenvalue weighted by atomic mass is 32.1. The molecular weight excluding hydrogens is 204 g/mol. The molecule has 0 amide bonds. The molecule has 2 N–H and O–H groups in total. The maximum atomic E-state index is 6.05. The fourth-order valence-corrected chi connectivity index (χ4v) is 3.25. The van der Waals surface area contributed by atoms with E-state index in [1.54, 1.807) is 11.3 Å². The quantitative estimate of drug-likeness (QED) is 0.777. The zero-order valence-electron chi connectivity index (χ0n) is 9.46. The fourth-order valence-electron chi connectivity index (χ4n) is 2.39. The number of aromatic nitrogens is 1. The Morgan fingerprint density at radius 3 is 2.47 bits per heavy atom. The van der Waals surface area contributed by atoms with Crippen LogP contribution in [0.5, 0.6) is 0 Å². The number of aryl methyl sites for hydroxylation is 1. The molecule has 0 aromatic carbocycles. The summed E-state index contributed by atoms with van der Waals surface area (Å²) in [4.78, 5) is 4.69. The normalized spacial score (nSPS) is 19.0. The van der Waals surface area contributed by atoms with Gasteiger partial charge < -0.3 is 5.73 Å². The lowest BCUT2D eigenvalue weighted by Gasteiger charge is -2.11. The van der Waals surface area contributed by atoms with Gasteiger partial charge >= 0.3 is 0 Å². The summed E-state index contributed by atoms with van der Waals surface area (Å²) in [6, 6.07) is 0. The number of hydrogen-bond donors (Lipinski definition) is 1. The molecule has 2 nitrogen and oxygen atoms in total. The van der Waals surface area contributed by atoms with E-state index in [-0.39, 0.29) is 0 Å². The van der Waals surface area contributed by atoms with E-state index in [1.807, 2.05) is 0 Å². The second-order valence-electron chi connectivity index (χ2n) is 4.40. The van der Waals surface area contributed by atoms with E-state index >= 15 is 0 Å². The third-order valence-corrected chi connectivity index (χ3v) is 4.31. The molecule has 0 aliphatic heterocycles. The largest absolute Gasteiger partial charge is 0.389 e. The van der Waals surface area contributed by atoms with Gasteiger partial charge in [0.2, 0.25) is 0 Å². The molecule has 0 spiro atoms. The standard InChI is InChI=1S/C12H20N2S/c1-2-10-14-11(12(13)15-10)9-7-5-3-4-6-8-9/h9H,2-8,13H2,1H3. The molecule has 0 atom stereocenters. The summed E-state index contributed by atoms with van der Waals surface area (Å²) in [5.41, 5.74) is 7.26. The molecule has 1 aliphatic rings. The van der Waals surface area contributed by atoms with Crippen LogP contribution in [0.1, 0.15) is 62.1 Å². The van der Waals surface area contributed by atoms with Gasteiger partial charge in [0.05, 0.1) is 10.7 Å². The van der Waals surface area contributed by atoms with E-state index in [4.69, 9.17) is 5.73 Å². The number of nitrogens with two attached hydrogens (primary N) is 1. The van der Waals surface area contributed by atoms with E-state index < -0.39 is 0 Å². The number of nitrogens with zero attached hydrogens (tertiary/aromatic N) is 1. The van der Waals surface area contributed by atoms with Crippen LogP contribution in [0.4, 0.5) is 5.00 Å². The Bertz CT molecular complexity index is 311. The first-order valence-electron chi connectivity index (χ1n) is 6.06. The third-order valence-electron chi connectivity index (χ3n) is 3.27. The molecule has 15 heavy (non-hydrogen) atoms. The van der Waals surface area contributed by atoms with Gasteiger partial charge in [-0.25, -0.2) is 4.98 Å². The lowest BCUT2D eigenvalue weighted by atomic mass is 9.97.